The Labute approximate surface area is 157 Å². The highest BCUT2D eigenvalue weighted by molar-refractivity contribution is 7.98. The second kappa shape index (κ2) is 8.19. The van der Waals surface area contributed by atoms with Crippen molar-refractivity contribution in [1.82, 2.24) is 15.1 Å². The molecule has 7 heteroatoms. The van der Waals surface area contributed by atoms with Crippen LogP contribution in [0.4, 0.5) is 5.82 Å². The molecule has 0 aliphatic carbocycles. The van der Waals surface area contributed by atoms with Gasteiger partial charge in [0.05, 0.1) is 6.42 Å². The van der Waals surface area contributed by atoms with Crippen LogP contribution in [0.3, 0.4) is 0 Å². The van der Waals surface area contributed by atoms with E-state index in [1.807, 2.05) is 35.4 Å². The normalized spacial score (nSPS) is 17.0. The minimum atomic E-state index is 0.147. The van der Waals surface area contributed by atoms with E-state index in [2.05, 4.69) is 34.2 Å². The molecule has 0 unspecified atom stereocenters. The monoisotopic (exact) mass is 367 g/mol. The lowest BCUT2D eigenvalue weighted by molar-refractivity contribution is -0.131. The Bertz CT molecular complexity index is 800. The maximum absolute atomic E-state index is 12.6. The molecule has 1 saturated heterocycles. The number of hydrogen-bond donors (Lipinski definition) is 0. The number of amides is 1. The molecular weight excluding hydrogens is 346 g/mol. The summed E-state index contributed by atoms with van der Waals surface area (Å²) in [6, 6.07) is 13.8. The van der Waals surface area contributed by atoms with Crippen molar-refractivity contribution in [2.45, 2.75) is 24.3 Å². The molecule has 0 spiro atoms. The van der Waals surface area contributed by atoms with Gasteiger partial charge in [0.15, 0.2) is 11.5 Å². The number of thioether (sulfide) groups is 1. The predicted octanol–water partition coefficient (Wildman–Crippen LogP) is 2.35. The summed E-state index contributed by atoms with van der Waals surface area (Å²) in [5, 5.41) is 16.8. The van der Waals surface area contributed by atoms with E-state index >= 15 is 0 Å². The largest absolute Gasteiger partial charge is 0.349 e. The van der Waals surface area contributed by atoms with Gasteiger partial charge in [-0.2, -0.15) is 5.26 Å². The van der Waals surface area contributed by atoms with Gasteiger partial charge in [0.1, 0.15) is 6.07 Å². The minimum absolute atomic E-state index is 0.147. The van der Waals surface area contributed by atoms with Crippen LogP contribution in [0.25, 0.3) is 0 Å². The van der Waals surface area contributed by atoms with Crippen LogP contribution in [0.1, 0.15) is 18.2 Å². The van der Waals surface area contributed by atoms with Crippen LogP contribution in [0.2, 0.25) is 0 Å². The lowest BCUT2D eigenvalue weighted by atomic mass is 10.1. The summed E-state index contributed by atoms with van der Waals surface area (Å²) in [5.41, 5.74) is 1.35. The van der Waals surface area contributed by atoms with E-state index in [1.54, 1.807) is 17.8 Å². The van der Waals surface area contributed by atoms with Crippen LogP contribution in [0.15, 0.2) is 41.3 Å². The fourth-order valence-electron chi connectivity index (χ4n) is 3.09. The summed E-state index contributed by atoms with van der Waals surface area (Å²) in [6.07, 6.45) is 2.47. The Morgan fingerprint density at radius 3 is 2.58 bits per heavy atom. The number of anilines is 1. The van der Waals surface area contributed by atoms with E-state index in [-0.39, 0.29) is 11.9 Å². The lowest BCUT2D eigenvalue weighted by Gasteiger charge is -2.40. The molecule has 0 N–H and O–H groups in total. The Balaban J connectivity index is 1.60. The van der Waals surface area contributed by atoms with Crippen LogP contribution in [0, 0.1) is 11.3 Å². The Morgan fingerprint density at radius 2 is 2.00 bits per heavy atom. The molecule has 2 aromatic rings. The van der Waals surface area contributed by atoms with Gasteiger partial charge in [-0.15, -0.1) is 22.0 Å². The molecule has 2 heterocycles. The number of nitrogens with zero attached hydrogens (tertiary/aromatic N) is 5. The highest BCUT2D eigenvalue weighted by Crippen LogP contribution is 2.19. The van der Waals surface area contributed by atoms with Crippen LogP contribution in [0.5, 0.6) is 0 Å². The number of carbonyl (C=O) groups is 1. The van der Waals surface area contributed by atoms with Crippen molar-refractivity contribution in [3.8, 4) is 6.07 Å². The van der Waals surface area contributed by atoms with Gasteiger partial charge in [-0.25, -0.2) is 0 Å². The van der Waals surface area contributed by atoms with Gasteiger partial charge in [0, 0.05) is 30.6 Å². The smallest absolute Gasteiger partial charge is 0.227 e. The highest BCUT2D eigenvalue weighted by atomic mass is 32.2. The standard InChI is InChI=1S/C19H21N5OS/c1-14-13-23(19(25)11-15-3-6-17(26-2)7-4-15)9-10-24(14)18-8-5-16(12-20)21-22-18/h3-8,14H,9-11,13H2,1-2H3/t14-/m1/s1. The van der Waals surface area contributed by atoms with Crippen LogP contribution in [-0.2, 0) is 11.2 Å². The van der Waals surface area contributed by atoms with Gasteiger partial charge < -0.3 is 9.80 Å². The molecule has 0 radical (unpaired) electrons. The summed E-state index contributed by atoms with van der Waals surface area (Å²) in [6.45, 7) is 4.10. The molecule has 3 rings (SSSR count). The van der Waals surface area contributed by atoms with Crippen molar-refractivity contribution < 1.29 is 4.79 Å². The van der Waals surface area contributed by atoms with E-state index in [0.29, 0.717) is 31.7 Å². The van der Waals surface area contributed by atoms with Crippen molar-refractivity contribution in [2.75, 3.05) is 30.8 Å². The number of benzene rings is 1. The number of carbonyl (C=O) groups excluding carboxylic acids is 1. The average molecular weight is 367 g/mol. The third-order valence-corrected chi connectivity index (χ3v) is 5.30. The fraction of sp³-hybridized carbons (Fsp3) is 0.368. The number of aromatic nitrogens is 2. The van der Waals surface area contributed by atoms with E-state index in [0.717, 1.165) is 11.4 Å². The SMILES string of the molecule is CSc1ccc(CC(=O)N2CCN(c3ccc(C#N)nn3)[C@H](C)C2)cc1. The zero-order valence-corrected chi connectivity index (χ0v) is 15.7. The van der Waals surface area contributed by atoms with Crippen molar-refractivity contribution in [1.29, 1.82) is 5.26 Å². The van der Waals surface area contributed by atoms with Crippen molar-refractivity contribution in [3.05, 3.63) is 47.7 Å². The number of nitriles is 1. The maximum Gasteiger partial charge on any atom is 0.227 e. The second-order valence-corrected chi connectivity index (χ2v) is 7.18. The Hall–Kier alpha value is -2.59. The van der Waals surface area contributed by atoms with Crippen LogP contribution < -0.4 is 4.90 Å². The molecule has 1 aliphatic heterocycles. The molecule has 0 bridgehead atoms. The Morgan fingerprint density at radius 1 is 1.23 bits per heavy atom. The minimum Gasteiger partial charge on any atom is -0.349 e. The number of hydrogen-bond acceptors (Lipinski definition) is 6. The maximum atomic E-state index is 12.6. The molecular formula is C19H21N5OS. The van der Waals surface area contributed by atoms with Crippen LogP contribution in [-0.4, -0.2) is 52.9 Å². The summed E-state index contributed by atoms with van der Waals surface area (Å²) in [5.74, 6) is 0.899. The molecule has 1 aromatic carbocycles. The van der Waals surface area contributed by atoms with Gasteiger partial charge in [-0.05, 0) is 43.0 Å². The first-order chi connectivity index (χ1) is 12.6. The number of rotatable bonds is 4. The third kappa shape index (κ3) is 4.14. The van der Waals surface area contributed by atoms with Crippen LogP contribution >= 0.6 is 11.8 Å². The molecule has 1 fully saturated rings. The average Bonchev–Trinajstić information content (AvgIpc) is 2.68. The first-order valence-electron chi connectivity index (χ1n) is 8.52. The molecule has 1 atom stereocenters. The van der Waals surface area contributed by atoms with Crippen molar-refractivity contribution >= 4 is 23.5 Å². The first kappa shape index (κ1) is 18.2. The van der Waals surface area contributed by atoms with Crippen molar-refractivity contribution in [3.63, 3.8) is 0 Å². The molecule has 1 amide bonds. The number of piperazine rings is 1. The molecule has 1 aliphatic rings. The fourth-order valence-corrected chi connectivity index (χ4v) is 3.50. The van der Waals surface area contributed by atoms with Gasteiger partial charge >= 0.3 is 0 Å². The third-order valence-electron chi connectivity index (χ3n) is 4.55. The molecule has 0 saturated carbocycles. The molecule has 26 heavy (non-hydrogen) atoms. The van der Waals surface area contributed by atoms with Gasteiger partial charge in [0.25, 0.3) is 0 Å². The summed E-state index contributed by atoms with van der Waals surface area (Å²) in [7, 11) is 0. The summed E-state index contributed by atoms with van der Waals surface area (Å²) < 4.78 is 0. The summed E-state index contributed by atoms with van der Waals surface area (Å²) in [4.78, 5) is 17.9. The van der Waals surface area contributed by atoms with E-state index in [9.17, 15) is 4.79 Å². The second-order valence-electron chi connectivity index (χ2n) is 6.30. The van der Waals surface area contributed by atoms with E-state index in [4.69, 9.17) is 5.26 Å². The molecule has 134 valence electrons. The van der Waals surface area contributed by atoms with E-state index < -0.39 is 0 Å². The summed E-state index contributed by atoms with van der Waals surface area (Å²) >= 11 is 1.70. The van der Waals surface area contributed by atoms with Gasteiger partial charge in [-0.1, -0.05) is 12.1 Å². The predicted molar refractivity (Wildman–Crippen MR) is 102 cm³/mol. The highest BCUT2D eigenvalue weighted by Gasteiger charge is 2.27. The first-order valence-corrected chi connectivity index (χ1v) is 9.74. The zero-order chi connectivity index (χ0) is 18.5. The quantitative estimate of drug-likeness (QED) is 0.773. The van der Waals surface area contributed by atoms with E-state index in [1.165, 1.54) is 4.90 Å². The van der Waals surface area contributed by atoms with Crippen molar-refractivity contribution in [2.24, 2.45) is 0 Å². The molecule has 1 aromatic heterocycles. The van der Waals surface area contributed by atoms with Gasteiger partial charge in [0.2, 0.25) is 5.91 Å². The topological polar surface area (TPSA) is 73.1 Å². The Kier molecular flexibility index (Phi) is 5.74. The lowest BCUT2D eigenvalue weighted by Crippen LogP contribution is -2.54. The molecule has 6 nitrogen and oxygen atoms in total. The van der Waals surface area contributed by atoms with Gasteiger partial charge in [-0.3, -0.25) is 4.79 Å². The zero-order valence-electron chi connectivity index (χ0n) is 14.9.